The maximum Gasteiger partial charge on any atom is 0.116 e. The second-order valence-electron chi connectivity index (χ2n) is 1.59. The fourth-order valence-corrected chi connectivity index (χ4v) is 0.363. The van der Waals surface area contributed by atoms with Gasteiger partial charge in [0.25, 0.3) is 0 Å². The van der Waals surface area contributed by atoms with Crippen molar-refractivity contribution in [2.75, 3.05) is 0 Å². The van der Waals surface area contributed by atoms with Crippen molar-refractivity contribution in [2.24, 2.45) is 0 Å². The van der Waals surface area contributed by atoms with Crippen LogP contribution in [-0.4, -0.2) is 10.2 Å². The van der Waals surface area contributed by atoms with E-state index in [1.165, 1.54) is 0 Å². The first-order valence-corrected chi connectivity index (χ1v) is 2.20. The third-order valence-corrected chi connectivity index (χ3v) is 1.01. The van der Waals surface area contributed by atoms with Gasteiger partial charge in [-0.15, -0.1) is 0 Å². The van der Waals surface area contributed by atoms with Crippen LogP contribution in [0, 0.1) is 20.0 Å². The zero-order valence-corrected chi connectivity index (χ0v) is 4.45. The maximum absolute atomic E-state index is 3.67. The normalized spacial score (nSPS) is 9.43. The van der Waals surface area contributed by atoms with E-state index in [4.69, 9.17) is 0 Å². The fourth-order valence-electron chi connectivity index (χ4n) is 0.363. The van der Waals surface area contributed by atoms with E-state index in [2.05, 4.69) is 16.4 Å². The topological polar surface area (TPSA) is 28.7 Å². The maximum atomic E-state index is 3.67. The zero-order chi connectivity index (χ0) is 5.28. The summed E-state index contributed by atoms with van der Waals surface area (Å²) < 4.78 is 0. The molecule has 1 N–H and O–H groups in total. The van der Waals surface area contributed by atoms with Gasteiger partial charge in [-0.1, -0.05) is 0 Å². The van der Waals surface area contributed by atoms with Crippen molar-refractivity contribution in [3.8, 4) is 0 Å². The van der Waals surface area contributed by atoms with E-state index in [1.54, 1.807) is 0 Å². The summed E-state index contributed by atoms with van der Waals surface area (Å²) in [6.07, 6.45) is 2.76. The summed E-state index contributed by atoms with van der Waals surface area (Å²) in [4.78, 5) is 0. The minimum Gasteiger partial charge on any atom is -0.282 e. The minimum atomic E-state index is 1.10. The van der Waals surface area contributed by atoms with E-state index in [9.17, 15) is 0 Å². The Morgan fingerprint density at radius 3 is 2.43 bits per heavy atom. The Bertz CT molecular complexity index is 138. The lowest BCUT2D eigenvalue weighted by Crippen LogP contribution is -1.70. The fraction of sp³-hybridized carbons (Fsp3) is 0.400. The van der Waals surface area contributed by atoms with Gasteiger partial charge in [0.05, 0.1) is 0 Å². The summed E-state index contributed by atoms with van der Waals surface area (Å²) in [5.74, 6) is 0. The van der Waals surface area contributed by atoms with Crippen molar-refractivity contribution < 1.29 is 0 Å². The number of hydrogen-bond donors (Lipinski definition) is 1. The van der Waals surface area contributed by atoms with Gasteiger partial charge in [0, 0.05) is 5.69 Å². The van der Waals surface area contributed by atoms with Gasteiger partial charge in [-0.05, 0) is 19.4 Å². The lowest BCUT2D eigenvalue weighted by molar-refractivity contribution is 1.04. The van der Waals surface area contributed by atoms with Crippen molar-refractivity contribution in [3.63, 3.8) is 0 Å². The van der Waals surface area contributed by atoms with E-state index in [1.807, 2.05) is 13.8 Å². The molecule has 37 valence electrons. The van der Waals surface area contributed by atoms with Crippen LogP contribution in [0.15, 0.2) is 0 Å². The highest BCUT2D eigenvalue weighted by atomic mass is 15.1. The van der Waals surface area contributed by atoms with E-state index >= 15 is 0 Å². The summed E-state index contributed by atoms with van der Waals surface area (Å²) in [5, 5.41) is 6.43. The number of aromatic nitrogens is 2. The molecule has 0 aliphatic heterocycles. The molecule has 0 amide bonds. The summed E-state index contributed by atoms with van der Waals surface area (Å²) in [6, 6.07) is 0. The summed E-state index contributed by atoms with van der Waals surface area (Å²) in [6.45, 7) is 3.94. The Hall–Kier alpha value is -0.790. The molecule has 0 aliphatic rings. The highest BCUT2D eigenvalue weighted by Crippen LogP contribution is 1.95. The predicted octanol–water partition coefficient (Wildman–Crippen LogP) is 0.827. The Kier molecular flexibility index (Phi) is 0.855. The smallest absolute Gasteiger partial charge is 0.116 e. The van der Waals surface area contributed by atoms with Crippen LogP contribution in [0.25, 0.3) is 0 Å². The Labute approximate surface area is 42.6 Å². The van der Waals surface area contributed by atoms with E-state index in [0.717, 1.165) is 11.3 Å². The van der Waals surface area contributed by atoms with Gasteiger partial charge in [0.2, 0.25) is 0 Å². The Balaban J connectivity index is 3.12. The molecule has 0 aliphatic carbocycles. The highest BCUT2D eigenvalue weighted by molar-refractivity contribution is 5.09. The van der Waals surface area contributed by atoms with Gasteiger partial charge in [0.1, 0.15) is 6.20 Å². The Morgan fingerprint density at radius 1 is 1.57 bits per heavy atom. The van der Waals surface area contributed by atoms with E-state index < -0.39 is 0 Å². The van der Waals surface area contributed by atoms with Gasteiger partial charge in [-0.2, -0.15) is 5.10 Å². The lowest BCUT2D eigenvalue weighted by atomic mass is 10.3. The van der Waals surface area contributed by atoms with Crippen LogP contribution >= 0.6 is 0 Å². The molecule has 0 aromatic carbocycles. The number of rotatable bonds is 0. The molecule has 1 heterocycles. The molecule has 2 heteroatoms. The van der Waals surface area contributed by atoms with E-state index in [-0.39, 0.29) is 0 Å². The predicted molar refractivity (Wildman–Crippen MR) is 26.9 cm³/mol. The largest absolute Gasteiger partial charge is 0.282 e. The molecule has 1 rings (SSSR count). The van der Waals surface area contributed by atoms with Crippen molar-refractivity contribution in [2.45, 2.75) is 13.8 Å². The molecule has 0 unspecified atom stereocenters. The van der Waals surface area contributed by atoms with Crippen LogP contribution in [-0.2, 0) is 0 Å². The summed E-state index contributed by atoms with van der Waals surface area (Å²) in [7, 11) is 0. The van der Waals surface area contributed by atoms with Crippen molar-refractivity contribution in [1.82, 2.24) is 10.2 Å². The van der Waals surface area contributed by atoms with Gasteiger partial charge in [-0.3, -0.25) is 5.10 Å². The zero-order valence-electron chi connectivity index (χ0n) is 4.45. The third-order valence-electron chi connectivity index (χ3n) is 1.01. The van der Waals surface area contributed by atoms with Gasteiger partial charge in [-0.25, -0.2) is 0 Å². The number of nitrogens with zero attached hydrogens (tertiary/aromatic N) is 1. The van der Waals surface area contributed by atoms with Gasteiger partial charge in [0.15, 0.2) is 0 Å². The molecule has 0 atom stereocenters. The van der Waals surface area contributed by atoms with Crippen LogP contribution in [0.2, 0.25) is 0 Å². The molecular formula is C5H7N2. The molecule has 0 saturated carbocycles. The first-order valence-electron chi connectivity index (χ1n) is 2.20. The quantitative estimate of drug-likeness (QED) is 0.508. The SMILES string of the molecule is Cc1[c]n[nH]c1C. The standard InChI is InChI=1S/C5H7N2/c1-4-3-6-7-5(4)2/h1-2H3,(H,6,7). The number of H-pyrrole nitrogens is 1. The van der Waals surface area contributed by atoms with Crippen molar-refractivity contribution >= 4 is 0 Å². The highest BCUT2D eigenvalue weighted by Gasteiger charge is 1.88. The first-order chi connectivity index (χ1) is 3.30. The first kappa shape index (κ1) is 4.37. The number of nitrogens with one attached hydrogen (secondary N) is 1. The van der Waals surface area contributed by atoms with E-state index in [0.29, 0.717) is 0 Å². The van der Waals surface area contributed by atoms with Crippen LogP contribution in [0.1, 0.15) is 11.3 Å². The van der Waals surface area contributed by atoms with Crippen LogP contribution in [0.4, 0.5) is 0 Å². The summed E-state index contributed by atoms with van der Waals surface area (Å²) >= 11 is 0. The van der Waals surface area contributed by atoms with Crippen LogP contribution in [0.3, 0.4) is 0 Å². The van der Waals surface area contributed by atoms with Crippen molar-refractivity contribution in [1.29, 1.82) is 0 Å². The molecule has 0 fully saturated rings. The third kappa shape index (κ3) is 0.633. The molecule has 0 saturated heterocycles. The van der Waals surface area contributed by atoms with Crippen LogP contribution in [0.5, 0.6) is 0 Å². The van der Waals surface area contributed by atoms with Gasteiger partial charge < -0.3 is 0 Å². The molecule has 1 aromatic rings. The molecule has 7 heavy (non-hydrogen) atoms. The van der Waals surface area contributed by atoms with Crippen molar-refractivity contribution in [3.05, 3.63) is 17.5 Å². The number of hydrogen-bond acceptors (Lipinski definition) is 1. The minimum absolute atomic E-state index is 1.10. The molecule has 1 radical (unpaired) electrons. The Morgan fingerprint density at radius 2 is 2.29 bits per heavy atom. The average Bonchev–Trinajstić information content (AvgIpc) is 1.91. The molecule has 0 spiro atoms. The second-order valence-corrected chi connectivity index (χ2v) is 1.59. The monoisotopic (exact) mass is 95.1 g/mol. The second kappa shape index (κ2) is 1.37. The molecular weight excluding hydrogens is 88.1 g/mol. The lowest BCUT2D eigenvalue weighted by Gasteiger charge is -1.78. The number of aryl methyl sites for hydroxylation is 2. The molecule has 2 nitrogen and oxygen atoms in total. The summed E-state index contributed by atoms with van der Waals surface area (Å²) in [5.41, 5.74) is 2.19. The average molecular weight is 95.1 g/mol. The molecule has 0 bridgehead atoms. The van der Waals surface area contributed by atoms with Crippen LogP contribution < -0.4 is 0 Å². The molecule has 1 aromatic heterocycles. The van der Waals surface area contributed by atoms with Gasteiger partial charge >= 0.3 is 0 Å². The number of aromatic amines is 1.